The number of hydrogen-bond donors (Lipinski definition) is 1. The number of esters is 1. The molecule has 31 heavy (non-hydrogen) atoms. The predicted molar refractivity (Wildman–Crippen MR) is 122 cm³/mol. The van der Waals surface area contributed by atoms with Crippen LogP contribution in [0.15, 0.2) is 42.5 Å². The van der Waals surface area contributed by atoms with E-state index in [9.17, 15) is 19.7 Å². The fourth-order valence-electron chi connectivity index (χ4n) is 2.97. The van der Waals surface area contributed by atoms with Gasteiger partial charge in [0.05, 0.1) is 22.1 Å². The molecule has 1 amide bonds. The SMILES string of the molecule is CCOC(=O)c1c(NC(=O)c2ccc(Cl)cc2Cl)sc(C)c1-c1ccc([N+](=O)[O-])cc1. The number of ether oxygens (including phenoxy) is 1. The van der Waals surface area contributed by atoms with E-state index in [0.29, 0.717) is 21.2 Å². The molecule has 3 aromatic rings. The zero-order valence-electron chi connectivity index (χ0n) is 16.4. The number of amides is 1. The molecule has 10 heteroatoms. The number of benzene rings is 2. The molecule has 0 atom stereocenters. The summed E-state index contributed by atoms with van der Waals surface area (Å²) in [6.45, 7) is 3.60. The predicted octanol–water partition coefficient (Wildman–Crippen LogP) is 6.37. The van der Waals surface area contributed by atoms with Crippen molar-refractivity contribution in [1.82, 2.24) is 0 Å². The van der Waals surface area contributed by atoms with Crippen LogP contribution in [0.1, 0.15) is 32.5 Å². The molecule has 0 bridgehead atoms. The molecule has 0 radical (unpaired) electrons. The largest absolute Gasteiger partial charge is 0.462 e. The second-order valence-electron chi connectivity index (χ2n) is 6.34. The molecule has 1 heterocycles. The lowest BCUT2D eigenvalue weighted by molar-refractivity contribution is -0.384. The number of non-ortho nitro benzene ring substituents is 1. The Bertz CT molecular complexity index is 1180. The van der Waals surface area contributed by atoms with Gasteiger partial charge < -0.3 is 10.1 Å². The lowest BCUT2D eigenvalue weighted by Crippen LogP contribution is -2.15. The van der Waals surface area contributed by atoms with Crippen LogP contribution >= 0.6 is 34.5 Å². The molecule has 0 unspecified atom stereocenters. The molecule has 1 N–H and O–H groups in total. The van der Waals surface area contributed by atoms with Gasteiger partial charge in [-0.25, -0.2) is 4.79 Å². The number of nitrogens with zero attached hydrogens (tertiary/aromatic N) is 1. The van der Waals surface area contributed by atoms with Crippen LogP contribution in [-0.2, 0) is 4.74 Å². The van der Waals surface area contributed by atoms with E-state index in [1.54, 1.807) is 26.0 Å². The highest BCUT2D eigenvalue weighted by atomic mass is 35.5. The van der Waals surface area contributed by atoms with Crippen LogP contribution < -0.4 is 5.32 Å². The highest BCUT2D eigenvalue weighted by Crippen LogP contribution is 2.41. The van der Waals surface area contributed by atoms with E-state index < -0.39 is 16.8 Å². The Morgan fingerprint density at radius 3 is 2.42 bits per heavy atom. The van der Waals surface area contributed by atoms with E-state index in [1.165, 1.54) is 41.7 Å². The Labute approximate surface area is 191 Å². The number of anilines is 1. The first-order chi connectivity index (χ1) is 14.7. The van der Waals surface area contributed by atoms with Crippen LogP contribution in [0.4, 0.5) is 10.7 Å². The van der Waals surface area contributed by atoms with E-state index in [1.807, 2.05) is 0 Å². The monoisotopic (exact) mass is 478 g/mol. The second kappa shape index (κ2) is 9.47. The maximum absolute atomic E-state index is 12.8. The topological polar surface area (TPSA) is 98.5 Å². The van der Waals surface area contributed by atoms with E-state index in [0.717, 1.165) is 4.88 Å². The number of nitro benzene ring substituents is 1. The van der Waals surface area contributed by atoms with Gasteiger partial charge in [0.1, 0.15) is 10.6 Å². The number of carbonyl (C=O) groups is 2. The van der Waals surface area contributed by atoms with Gasteiger partial charge in [-0.15, -0.1) is 11.3 Å². The number of halogens is 2. The highest BCUT2D eigenvalue weighted by Gasteiger charge is 2.26. The molecule has 160 valence electrons. The first-order valence-electron chi connectivity index (χ1n) is 9.04. The van der Waals surface area contributed by atoms with Gasteiger partial charge in [-0.05, 0) is 49.7 Å². The third kappa shape index (κ3) is 4.87. The smallest absolute Gasteiger partial charge is 0.341 e. The van der Waals surface area contributed by atoms with Crippen molar-refractivity contribution in [2.45, 2.75) is 13.8 Å². The molecule has 7 nitrogen and oxygen atoms in total. The fourth-order valence-corrected chi connectivity index (χ4v) is 4.53. The summed E-state index contributed by atoms with van der Waals surface area (Å²) in [5, 5.41) is 14.5. The molecular formula is C21H16Cl2N2O5S. The van der Waals surface area contributed by atoms with Crippen molar-refractivity contribution < 1.29 is 19.2 Å². The van der Waals surface area contributed by atoms with E-state index in [4.69, 9.17) is 27.9 Å². The zero-order valence-corrected chi connectivity index (χ0v) is 18.7. The van der Waals surface area contributed by atoms with Gasteiger partial charge in [0.25, 0.3) is 11.6 Å². The number of nitro groups is 1. The van der Waals surface area contributed by atoms with Crippen molar-refractivity contribution in [3.8, 4) is 11.1 Å². The Balaban J connectivity index is 2.06. The van der Waals surface area contributed by atoms with E-state index >= 15 is 0 Å². The molecule has 0 aliphatic heterocycles. The first kappa shape index (κ1) is 22.7. The van der Waals surface area contributed by atoms with Crippen LogP contribution in [0.5, 0.6) is 0 Å². The van der Waals surface area contributed by atoms with Crippen molar-refractivity contribution in [2.75, 3.05) is 11.9 Å². The molecule has 0 saturated heterocycles. The number of hydrogen-bond acceptors (Lipinski definition) is 6. The quantitative estimate of drug-likeness (QED) is 0.252. The summed E-state index contributed by atoms with van der Waals surface area (Å²) in [5.74, 6) is -1.12. The third-order valence-electron chi connectivity index (χ3n) is 4.33. The summed E-state index contributed by atoms with van der Waals surface area (Å²) < 4.78 is 5.20. The first-order valence-corrected chi connectivity index (χ1v) is 10.6. The summed E-state index contributed by atoms with van der Waals surface area (Å²) in [4.78, 5) is 36.7. The minimum Gasteiger partial charge on any atom is -0.462 e. The van der Waals surface area contributed by atoms with Gasteiger partial charge in [0.15, 0.2) is 0 Å². The minimum atomic E-state index is -0.613. The third-order valence-corrected chi connectivity index (χ3v) is 5.90. The van der Waals surface area contributed by atoms with Gasteiger partial charge in [-0.2, -0.15) is 0 Å². The van der Waals surface area contributed by atoms with Gasteiger partial charge >= 0.3 is 5.97 Å². The molecule has 0 spiro atoms. The van der Waals surface area contributed by atoms with Crippen molar-refractivity contribution in [1.29, 1.82) is 0 Å². The Hall–Kier alpha value is -2.94. The molecule has 0 fully saturated rings. The lowest BCUT2D eigenvalue weighted by Gasteiger charge is -2.10. The highest BCUT2D eigenvalue weighted by molar-refractivity contribution is 7.17. The summed E-state index contributed by atoms with van der Waals surface area (Å²) in [6.07, 6.45) is 0. The Morgan fingerprint density at radius 1 is 1.16 bits per heavy atom. The van der Waals surface area contributed by atoms with E-state index in [2.05, 4.69) is 5.32 Å². The maximum Gasteiger partial charge on any atom is 0.341 e. The lowest BCUT2D eigenvalue weighted by atomic mass is 10.0. The minimum absolute atomic E-state index is 0.0692. The van der Waals surface area contributed by atoms with Crippen LogP contribution in [0, 0.1) is 17.0 Å². The molecule has 0 aliphatic rings. The average Bonchev–Trinajstić information content (AvgIpc) is 3.03. The number of thiophene rings is 1. The van der Waals surface area contributed by atoms with Gasteiger partial charge in [-0.1, -0.05) is 23.2 Å². The van der Waals surface area contributed by atoms with E-state index in [-0.39, 0.29) is 28.4 Å². The standard InChI is InChI=1S/C21H16Cl2N2O5S/c1-3-30-21(27)18-17(12-4-7-14(8-5-12)25(28)29)11(2)31-20(18)24-19(26)15-9-6-13(22)10-16(15)23/h4-10H,3H2,1-2H3,(H,24,26). The van der Waals surface area contributed by atoms with Crippen LogP contribution in [0.2, 0.25) is 10.0 Å². The van der Waals surface area contributed by atoms with Gasteiger partial charge in [0, 0.05) is 27.6 Å². The molecule has 3 rings (SSSR count). The van der Waals surface area contributed by atoms with Gasteiger partial charge in [-0.3, -0.25) is 14.9 Å². The molecule has 2 aromatic carbocycles. The molecule has 0 saturated carbocycles. The van der Waals surface area contributed by atoms with Crippen LogP contribution in [0.25, 0.3) is 11.1 Å². The van der Waals surface area contributed by atoms with Crippen molar-refractivity contribution >= 4 is 57.1 Å². The maximum atomic E-state index is 12.8. The molecular weight excluding hydrogens is 463 g/mol. The Kier molecular flexibility index (Phi) is 6.94. The van der Waals surface area contributed by atoms with Crippen LogP contribution in [0.3, 0.4) is 0 Å². The number of rotatable bonds is 6. The summed E-state index contributed by atoms with van der Waals surface area (Å²) >= 11 is 13.2. The summed E-state index contributed by atoms with van der Waals surface area (Å²) in [7, 11) is 0. The van der Waals surface area contributed by atoms with Crippen molar-refractivity contribution in [3.63, 3.8) is 0 Å². The number of aryl methyl sites for hydroxylation is 1. The van der Waals surface area contributed by atoms with Crippen molar-refractivity contribution in [2.24, 2.45) is 0 Å². The number of carbonyl (C=O) groups excluding carboxylic acids is 2. The average molecular weight is 479 g/mol. The Morgan fingerprint density at radius 2 is 1.84 bits per heavy atom. The molecule has 0 aliphatic carbocycles. The van der Waals surface area contributed by atoms with Gasteiger partial charge in [0.2, 0.25) is 0 Å². The normalized spacial score (nSPS) is 10.6. The summed E-state index contributed by atoms with van der Waals surface area (Å²) in [6, 6.07) is 10.3. The zero-order chi connectivity index (χ0) is 22.7. The number of nitrogens with one attached hydrogen (secondary N) is 1. The fraction of sp³-hybridized carbons (Fsp3) is 0.143. The van der Waals surface area contributed by atoms with Crippen LogP contribution in [-0.4, -0.2) is 23.4 Å². The second-order valence-corrected chi connectivity index (χ2v) is 8.41. The summed E-state index contributed by atoms with van der Waals surface area (Å²) in [5.41, 5.74) is 1.43. The molecule has 1 aromatic heterocycles. The van der Waals surface area contributed by atoms with Crippen molar-refractivity contribution in [3.05, 3.63) is 78.6 Å².